The van der Waals surface area contributed by atoms with Gasteiger partial charge in [-0.1, -0.05) is 19.4 Å². The van der Waals surface area contributed by atoms with Crippen molar-refractivity contribution in [3.63, 3.8) is 0 Å². The van der Waals surface area contributed by atoms with Crippen LogP contribution in [0.4, 0.5) is 0 Å². The Bertz CT molecular complexity index is 164. The molecule has 0 bridgehead atoms. The third-order valence-corrected chi connectivity index (χ3v) is 1.21. The van der Waals surface area contributed by atoms with Crippen LogP contribution in [0.5, 0.6) is 0 Å². The summed E-state index contributed by atoms with van der Waals surface area (Å²) in [4.78, 5) is 7.55. The molecule has 0 saturated heterocycles. The second kappa shape index (κ2) is 4.62. The number of aromatic nitrogens is 2. The number of rotatable bonds is 2. The summed E-state index contributed by atoms with van der Waals surface area (Å²) in [6.07, 6.45) is 3.27. The average Bonchev–Trinajstić information content (AvgIpc) is 2.37. The second-order valence-corrected chi connectivity index (χ2v) is 1.87. The van der Waals surface area contributed by atoms with E-state index in [0.717, 1.165) is 0 Å². The molecule has 0 amide bonds. The molecule has 10 heavy (non-hydrogen) atoms. The summed E-state index contributed by atoms with van der Waals surface area (Å²) in [5.41, 5.74) is 0.664. The quantitative estimate of drug-likeness (QED) is 0.753. The Morgan fingerprint density at radius 3 is 2.90 bits per heavy atom. The zero-order chi connectivity index (χ0) is 6.69. The standard InChI is InChI=1S/C6H9N2O.Pd/c1-2-6(9)5-3-7-4-8-5;/h3-4,6,9H,2H2,1H3;/q-1;. The van der Waals surface area contributed by atoms with Gasteiger partial charge in [-0.3, -0.25) is 0 Å². The van der Waals surface area contributed by atoms with Crippen LogP contribution in [0.3, 0.4) is 0 Å². The largest absolute Gasteiger partial charge is 0.449 e. The van der Waals surface area contributed by atoms with Crippen LogP contribution in [-0.2, 0) is 20.4 Å². The second-order valence-electron chi connectivity index (χ2n) is 1.87. The summed E-state index contributed by atoms with van der Waals surface area (Å²) < 4.78 is 0. The van der Waals surface area contributed by atoms with Gasteiger partial charge in [-0.15, -0.1) is 0 Å². The van der Waals surface area contributed by atoms with Crippen molar-refractivity contribution in [2.45, 2.75) is 19.4 Å². The van der Waals surface area contributed by atoms with Crippen molar-refractivity contribution in [3.05, 3.63) is 18.2 Å². The van der Waals surface area contributed by atoms with Crippen LogP contribution in [0.15, 0.2) is 12.5 Å². The molecule has 1 heterocycles. The van der Waals surface area contributed by atoms with E-state index < -0.39 is 6.10 Å². The van der Waals surface area contributed by atoms with E-state index >= 15 is 0 Å². The van der Waals surface area contributed by atoms with Crippen LogP contribution in [0.2, 0.25) is 0 Å². The molecule has 0 radical (unpaired) electrons. The van der Waals surface area contributed by atoms with Gasteiger partial charge in [-0.25, -0.2) is 0 Å². The third-order valence-electron chi connectivity index (χ3n) is 1.21. The fourth-order valence-electron chi connectivity index (χ4n) is 0.624. The van der Waals surface area contributed by atoms with Gasteiger partial charge >= 0.3 is 0 Å². The molecule has 0 aromatic carbocycles. The number of imidazole rings is 1. The average molecular weight is 232 g/mol. The Kier molecular flexibility index (Phi) is 4.54. The first-order chi connectivity index (χ1) is 4.34. The van der Waals surface area contributed by atoms with Gasteiger partial charge in [0.05, 0.1) is 6.10 Å². The molecule has 1 aromatic heterocycles. The fourth-order valence-corrected chi connectivity index (χ4v) is 0.624. The predicted molar refractivity (Wildman–Crippen MR) is 32.8 cm³/mol. The van der Waals surface area contributed by atoms with E-state index in [-0.39, 0.29) is 20.4 Å². The van der Waals surface area contributed by atoms with Gasteiger partial charge in [-0.05, 0) is 12.1 Å². The summed E-state index contributed by atoms with van der Waals surface area (Å²) in [6, 6.07) is 0. The van der Waals surface area contributed by atoms with Gasteiger partial charge in [-0.2, -0.15) is 0 Å². The number of aliphatic hydroxyl groups excluding tert-OH is 1. The minimum Gasteiger partial charge on any atom is -0.449 e. The molecule has 0 spiro atoms. The van der Waals surface area contributed by atoms with E-state index in [9.17, 15) is 0 Å². The van der Waals surface area contributed by atoms with Crippen LogP contribution < -0.4 is 4.98 Å². The fraction of sp³-hybridized carbons (Fsp3) is 0.500. The van der Waals surface area contributed by atoms with Gasteiger partial charge in [0.15, 0.2) is 0 Å². The van der Waals surface area contributed by atoms with Gasteiger partial charge in [0.2, 0.25) is 0 Å². The molecular weight excluding hydrogens is 222 g/mol. The van der Waals surface area contributed by atoms with Crippen LogP contribution in [-0.4, -0.2) is 10.1 Å². The van der Waals surface area contributed by atoms with E-state index in [0.29, 0.717) is 12.1 Å². The minimum absolute atomic E-state index is 0. The first-order valence-electron chi connectivity index (χ1n) is 2.95. The first-order valence-corrected chi connectivity index (χ1v) is 2.95. The topological polar surface area (TPSA) is 47.2 Å². The van der Waals surface area contributed by atoms with Crippen LogP contribution in [0.25, 0.3) is 0 Å². The molecule has 1 atom stereocenters. The van der Waals surface area contributed by atoms with E-state index in [1.807, 2.05) is 6.92 Å². The molecule has 0 aliphatic rings. The van der Waals surface area contributed by atoms with Crippen LogP contribution >= 0.6 is 0 Å². The third kappa shape index (κ3) is 2.22. The Labute approximate surface area is 73.5 Å². The van der Waals surface area contributed by atoms with E-state index in [1.165, 1.54) is 6.33 Å². The summed E-state index contributed by atoms with van der Waals surface area (Å²) in [6.45, 7) is 1.90. The van der Waals surface area contributed by atoms with E-state index in [4.69, 9.17) is 5.11 Å². The summed E-state index contributed by atoms with van der Waals surface area (Å²) in [5, 5.41) is 9.12. The Morgan fingerprint density at radius 1 is 1.80 bits per heavy atom. The Morgan fingerprint density at radius 2 is 2.50 bits per heavy atom. The smallest absolute Gasteiger partial charge is 0.0746 e. The SMILES string of the molecule is CCC(O)c1c[n-]cn1.[Pd]. The minimum atomic E-state index is -0.438. The Balaban J connectivity index is 0.000000810. The van der Waals surface area contributed by atoms with Crippen molar-refractivity contribution in [1.82, 2.24) is 9.97 Å². The molecule has 1 unspecified atom stereocenters. The van der Waals surface area contributed by atoms with Gasteiger partial charge in [0.1, 0.15) is 0 Å². The molecule has 3 nitrogen and oxygen atoms in total. The maximum absolute atomic E-state index is 9.12. The van der Waals surface area contributed by atoms with Crippen molar-refractivity contribution in [2.75, 3.05) is 0 Å². The number of nitrogens with zero attached hydrogens (tertiary/aromatic N) is 2. The normalized spacial score (nSPS) is 12.2. The molecule has 1 rings (SSSR count). The molecule has 0 aliphatic carbocycles. The molecule has 0 saturated carbocycles. The number of hydrogen-bond acceptors (Lipinski definition) is 2. The Hall–Kier alpha value is -0.168. The molecule has 4 heteroatoms. The predicted octanol–water partition coefficient (Wildman–Crippen LogP) is 0.480. The molecule has 1 aromatic rings. The number of aliphatic hydroxyl groups is 1. The van der Waals surface area contributed by atoms with Crippen molar-refractivity contribution >= 4 is 0 Å². The summed E-state index contributed by atoms with van der Waals surface area (Å²) in [5.74, 6) is 0. The maximum Gasteiger partial charge on any atom is 0.0746 e. The van der Waals surface area contributed by atoms with Crippen molar-refractivity contribution < 1.29 is 25.5 Å². The van der Waals surface area contributed by atoms with Crippen LogP contribution in [0, 0.1) is 0 Å². The van der Waals surface area contributed by atoms with Crippen molar-refractivity contribution in [2.24, 2.45) is 0 Å². The molecule has 0 aliphatic heterocycles. The molecular formula is C6H9N2OPd-. The monoisotopic (exact) mass is 231 g/mol. The van der Waals surface area contributed by atoms with E-state index in [1.54, 1.807) is 6.20 Å². The van der Waals surface area contributed by atoms with Gasteiger partial charge in [0, 0.05) is 20.4 Å². The van der Waals surface area contributed by atoms with E-state index in [2.05, 4.69) is 9.97 Å². The molecule has 60 valence electrons. The van der Waals surface area contributed by atoms with Gasteiger partial charge in [0.25, 0.3) is 0 Å². The van der Waals surface area contributed by atoms with Crippen molar-refractivity contribution in [1.29, 1.82) is 0 Å². The zero-order valence-electron chi connectivity index (χ0n) is 5.60. The van der Waals surface area contributed by atoms with Gasteiger partial charge < -0.3 is 15.1 Å². The van der Waals surface area contributed by atoms with Crippen molar-refractivity contribution in [3.8, 4) is 0 Å². The number of hydrogen-bond donors (Lipinski definition) is 1. The zero-order valence-corrected chi connectivity index (χ0v) is 7.15. The summed E-state index contributed by atoms with van der Waals surface area (Å²) >= 11 is 0. The maximum atomic E-state index is 9.12. The van der Waals surface area contributed by atoms with Crippen LogP contribution in [0.1, 0.15) is 25.1 Å². The molecule has 1 N–H and O–H groups in total. The first kappa shape index (κ1) is 9.83. The summed E-state index contributed by atoms with van der Waals surface area (Å²) in [7, 11) is 0. The molecule has 0 fully saturated rings.